The molecule has 1 aliphatic carbocycles. The Hall–Kier alpha value is -1.84. The summed E-state index contributed by atoms with van der Waals surface area (Å²) in [4.78, 5) is 4.79. The average Bonchev–Trinajstić information content (AvgIpc) is 3.06. The lowest BCUT2D eigenvalue weighted by atomic mass is 9.87. The van der Waals surface area contributed by atoms with E-state index in [1.165, 1.54) is 31.2 Å². The molecule has 0 unspecified atom stereocenters. The van der Waals surface area contributed by atoms with Crippen LogP contribution in [0.1, 0.15) is 49.8 Å². The Bertz CT molecular complexity index is 796. The fourth-order valence-corrected chi connectivity index (χ4v) is 3.61. The van der Waals surface area contributed by atoms with Crippen LogP contribution in [0.2, 0.25) is 0 Å². The van der Waals surface area contributed by atoms with Crippen LogP contribution in [0, 0.1) is 12.8 Å². The number of guanidine groups is 1. The van der Waals surface area contributed by atoms with E-state index in [2.05, 4.69) is 39.9 Å². The molecular formula is C22H35IN6O. The molecule has 0 amide bonds. The normalized spacial score (nSPS) is 19.1. The van der Waals surface area contributed by atoms with Gasteiger partial charge in [-0.15, -0.1) is 34.2 Å². The summed E-state index contributed by atoms with van der Waals surface area (Å²) in [5.74, 6) is 4.35. The van der Waals surface area contributed by atoms with Crippen molar-refractivity contribution in [2.45, 2.75) is 58.5 Å². The summed E-state index contributed by atoms with van der Waals surface area (Å²) >= 11 is 0. The predicted octanol–water partition coefficient (Wildman–Crippen LogP) is 3.61. The Labute approximate surface area is 197 Å². The van der Waals surface area contributed by atoms with E-state index in [0.717, 1.165) is 42.2 Å². The number of benzene rings is 1. The molecule has 0 spiro atoms. The van der Waals surface area contributed by atoms with Crippen LogP contribution in [-0.4, -0.2) is 40.4 Å². The van der Waals surface area contributed by atoms with Crippen LogP contribution in [0.25, 0.3) is 0 Å². The van der Waals surface area contributed by atoms with Crippen LogP contribution >= 0.6 is 24.0 Å². The van der Waals surface area contributed by atoms with Gasteiger partial charge in [-0.2, -0.15) is 0 Å². The number of aryl methyl sites for hydroxylation is 1. The molecule has 3 rings (SSSR count). The van der Waals surface area contributed by atoms with E-state index in [1.807, 2.05) is 30.7 Å². The van der Waals surface area contributed by atoms with Gasteiger partial charge in [-0.1, -0.05) is 19.1 Å². The highest BCUT2D eigenvalue weighted by molar-refractivity contribution is 14.0. The van der Waals surface area contributed by atoms with E-state index in [9.17, 15) is 0 Å². The van der Waals surface area contributed by atoms with Crippen molar-refractivity contribution in [3.8, 4) is 5.75 Å². The lowest BCUT2D eigenvalue weighted by molar-refractivity contribution is 0.329. The predicted molar refractivity (Wildman–Crippen MR) is 132 cm³/mol. The van der Waals surface area contributed by atoms with Crippen LogP contribution in [-0.2, 0) is 20.0 Å². The smallest absolute Gasteiger partial charge is 0.191 e. The van der Waals surface area contributed by atoms with Gasteiger partial charge in [0.05, 0.1) is 7.11 Å². The quantitative estimate of drug-likeness (QED) is 0.328. The van der Waals surface area contributed by atoms with Crippen molar-refractivity contribution in [3.63, 3.8) is 0 Å². The largest absolute Gasteiger partial charge is 0.497 e. The van der Waals surface area contributed by atoms with Gasteiger partial charge in [-0.05, 0) is 62.6 Å². The Morgan fingerprint density at radius 2 is 1.87 bits per heavy atom. The van der Waals surface area contributed by atoms with E-state index in [0.29, 0.717) is 12.6 Å². The fourth-order valence-electron chi connectivity index (χ4n) is 3.61. The summed E-state index contributed by atoms with van der Waals surface area (Å²) in [6, 6.07) is 8.70. The van der Waals surface area contributed by atoms with Gasteiger partial charge >= 0.3 is 0 Å². The minimum Gasteiger partial charge on any atom is -0.497 e. The number of rotatable bonds is 7. The summed E-state index contributed by atoms with van der Waals surface area (Å²) in [7, 11) is 3.67. The van der Waals surface area contributed by atoms with Crippen molar-refractivity contribution in [2.75, 3.05) is 13.7 Å². The zero-order valence-corrected chi connectivity index (χ0v) is 20.8. The zero-order valence-electron chi connectivity index (χ0n) is 18.5. The summed E-state index contributed by atoms with van der Waals surface area (Å²) < 4.78 is 7.22. The van der Waals surface area contributed by atoms with Crippen molar-refractivity contribution in [1.29, 1.82) is 0 Å². The molecule has 1 aromatic heterocycles. The number of hydrogen-bond acceptors (Lipinski definition) is 4. The van der Waals surface area contributed by atoms with Crippen LogP contribution in [0.5, 0.6) is 5.75 Å². The molecule has 1 fully saturated rings. The second kappa shape index (κ2) is 12.1. The number of halogens is 1. The third-order valence-electron chi connectivity index (χ3n) is 5.78. The van der Waals surface area contributed by atoms with Crippen molar-refractivity contribution in [3.05, 3.63) is 41.5 Å². The Balaban J connectivity index is 0.00000320. The van der Waals surface area contributed by atoms with Gasteiger partial charge < -0.3 is 19.9 Å². The van der Waals surface area contributed by atoms with Gasteiger partial charge in [0, 0.05) is 19.6 Å². The second-order valence-electron chi connectivity index (χ2n) is 8.01. The number of aromatic nitrogens is 3. The van der Waals surface area contributed by atoms with Gasteiger partial charge in [-0.3, -0.25) is 0 Å². The van der Waals surface area contributed by atoms with Gasteiger partial charge in [0.1, 0.15) is 18.1 Å². The van der Waals surface area contributed by atoms with Crippen molar-refractivity contribution in [1.82, 2.24) is 25.4 Å². The van der Waals surface area contributed by atoms with Crippen LogP contribution in [0.3, 0.4) is 0 Å². The molecule has 2 N–H and O–H groups in total. The lowest BCUT2D eigenvalue weighted by Gasteiger charge is -2.28. The minimum absolute atomic E-state index is 0. The molecule has 0 radical (unpaired) electrons. The molecule has 1 aromatic carbocycles. The highest BCUT2D eigenvalue weighted by Crippen LogP contribution is 2.23. The first-order chi connectivity index (χ1) is 14.0. The molecule has 0 saturated heterocycles. The Morgan fingerprint density at radius 3 is 2.47 bits per heavy atom. The highest BCUT2D eigenvalue weighted by Gasteiger charge is 2.19. The maximum atomic E-state index is 5.23. The summed E-state index contributed by atoms with van der Waals surface area (Å²) in [6.07, 6.45) is 5.88. The van der Waals surface area contributed by atoms with Gasteiger partial charge in [0.25, 0.3) is 0 Å². The molecule has 1 saturated carbocycles. The second-order valence-corrected chi connectivity index (χ2v) is 8.01. The molecule has 0 bridgehead atoms. The van der Waals surface area contributed by atoms with Crippen LogP contribution in [0.4, 0.5) is 0 Å². The molecule has 0 atom stereocenters. The van der Waals surface area contributed by atoms with Gasteiger partial charge in [0.15, 0.2) is 11.8 Å². The highest BCUT2D eigenvalue weighted by atomic mass is 127. The van der Waals surface area contributed by atoms with E-state index in [1.54, 1.807) is 7.11 Å². The van der Waals surface area contributed by atoms with E-state index in [-0.39, 0.29) is 24.0 Å². The summed E-state index contributed by atoms with van der Waals surface area (Å²) in [5.41, 5.74) is 1.27. The minimum atomic E-state index is 0. The molecule has 2 aromatic rings. The Kier molecular flexibility index (Phi) is 9.87. The molecule has 8 heteroatoms. The molecule has 0 aliphatic heterocycles. The number of nitrogens with zero attached hydrogens (tertiary/aromatic N) is 4. The maximum Gasteiger partial charge on any atom is 0.191 e. The number of ether oxygens (including phenoxy) is 1. The van der Waals surface area contributed by atoms with Crippen molar-refractivity contribution < 1.29 is 4.74 Å². The first-order valence-corrected chi connectivity index (χ1v) is 10.6. The zero-order chi connectivity index (χ0) is 20.6. The van der Waals surface area contributed by atoms with Crippen molar-refractivity contribution >= 4 is 29.9 Å². The SMILES string of the molecule is COc1ccc(CCNC(=NCc2nnc(C)n2C)NC2CCC(C)CC2)cc1.I. The summed E-state index contributed by atoms with van der Waals surface area (Å²) in [6.45, 7) is 5.63. The molecule has 1 heterocycles. The summed E-state index contributed by atoms with van der Waals surface area (Å²) in [5, 5.41) is 15.5. The third-order valence-corrected chi connectivity index (χ3v) is 5.78. The third kappa shape index (κ3) is 7.14. The first kappa shape index (κ1) is 24.4. The molecule has 166 valence electrons. The Morgan fingerprint density at radius 1 is 1.17 bits per heavy atom. The standard InChI is InChI=1S/C22H34N6O.HI/c1-16-5-9-19(10-6-16)25-22(24-15-21-27-26-17(2)28(21)3)23-14-13-18-7-11-20(29-4)12-8-18;/h7-8,11-12,16,19H,5-6,9-10,13-15H2,1-4H3,(H2,23,24,25);1H. The first-order valence-electron chi connectivity index (χ1n) is 10.6. The molecule has 30 heavy (non-hydrogen) atoms. The molecule has 7 nitrogen and oxygen atoms in total. The van der Waals surface area contributed by atoms with E-state index < -0.39 is 0 Å². The number of nitrogens with one attached hydrogen (secondary N) is 2. The number of methoxy groups -OCH3 is 1. The molecule has 1 aliphatic rings. The lowest BCUT2D eigenvalue weighted by Crippen LogP contribution is -2.45. The number of aliphatic imine (C=N–C) groups is 1. The van der Waals surface area contributed by atoms with E-state index in [4.69, 9.17) is 9.73 Å². The van der Waals surface area contributed by atoms with Gasteiger partial charge in [0.2, 0.25) is 0 Å². The van der Waals surface area contributed by atoms with E-state index >= 15 is 0 Å². The van der Waals surface area contributed by atoms with Crippen LogP contribution < -0.4 is 15.4 Å². The average molecular weight is 526 g/mol. The topological polar surface area (TPSA) is 76.4 Å². The monoisotopic (exact) mass is 526 g/mol. The fraction of sp³-hybridized carbons (Fsp3) is 0.591. The number of hydrogen-bond donors (Lipinski definition) is 2. The molecular weight excluding hydrogens is 491 g/mol. The van der Waals surface area contributed by atoms with Crippen LogP contribution in [0.15, 0.2) is 29.3 Å². The van der Waals surface area contributed by atoms with Crippen molar-refractivity contribution in [2.24, 2.45) is 18.0 Å². The maximum absolute atomic E-state index is 5.23. The van der Waals surface area contributed by atoms with Gasteiger partial charge in [-0.25, -0.2) is 4.99 Å².